The van der Waals surface area contributed by atoms with Crippen LogP contribution in [0.3, 0.4) is 0 Å². The average molecular weight is 309 g/mol. The van der Waals surface area contributed by atoms with Crippen LogP contribution in [-0.2, 0) is 0 Å². The van der Waals surface area contributed by atoms with E-state index in [1.807, 2.05) is 0 Å². The van der Waals surface area contributed by atoms with Crippen LogP contribution >= 0.6 is 15.9 Å². The molecule has 1 heterocycles. The van der Waals surface area contributed by atoms with Crippen molar-refractivity contribution in [3.63, 3.8) is 0 Å². The second-order valence-electron chi connectivity index (χ2n) is 5.71. The van der Waals surface area contributed by atoms with Crippen LogP contribution in [0.1, 0.15) is 24.8 Å². The summed E-state index contributed by atoms with van der Waals surface area (Å²) in [6, 6.07) is 7.45. The zero-order chi connectivity index (χ0) is 12.5. The SMILES string of the molecule is Cc1cc(Br)ccc1N1CCC(CNC2CC2)C1. The minimum atomic E-state index is 0.827. The normalized spacial score (nSPS) is 23.7. The van der Waals surface area contributed by atoms with Gasteiger partial charge in [-0.3, -0.25) is 0 Å². The van der Waals surface area contributed by atoms with E-state index in [4.69, 9.17) is 0 Å². The summed E-state index contributed by atoms with van der Waals surface area (Å²) in [6.45, 7) is 5.83. The number of rotatable bonds is 4. The molecule has 3 rings (SSSR count). The lowest BCUT2D eigenvalue weighted by Crippen LogP contribution is -2.27. The molecule has 0 spiro atoms. The van der Waals surface area contributed by atoms with Gasteiger partial charge in [-0.2, -0.15) is 0 Å². The second-order valence-corrected chi connectivity index (χ2v) is 6.63. The third-order valence-corrected chi connectivity index (χ3v) is 4.55. The monoisotopic (exact) mass is 308 g/mol. The van der Waals surface area contributed by atoms with Crippen molar-refractivity contribution in [2.75, 3.05) is 24.5 Å². The number of halogens is 1. The van der Waals surface area contributed by atoms with E-state index >= 15 is 0 Å². The smallest absolute Gasteiger partial charge is 0.0396 e. The van der Waals surface area contributed by atoms with E-state index in [-0.39, 0.29) is 0 Å². The number of hydrogen-bond acceptors (Lipinski definition) is 2. The van der Waals surface area contributed by atoms with Gasteiger partial charge in [-0.25, -0.2) is 0 Å². The molecule has 1 atom stereocenters. The van der Waals surface area contributed by atoms with Crippen LogP contribution in [0, 0.1) is 12.8 Å². The van der Waals surface area contributed by atoms with Gasteiger partial charge in [0.1, 0.15) is 0 Å². The molecule has 2 fully saturated rings. The molecule has 3 heteroatoms. The Morgan fingerprint density at radius 1 is 1.33 bits per heavy atom. The summed E-state index contributed by atoms with van der Waals surface area (Å²) in [5, 5.41) is 3.66. The highest BCUT2D eigenvalue weighted by Gasteiger charge is 2.26. The topological polar surface area (TPSA) is 15.3 Å². The molecule has 1 aromatic carbocycles. The zero-order valence-electron chi connectivity index (χ0n) is 11.0. The highest BCUT2D eigenvalue weighted by atomic mass is 79.9. The largest absolute Gasteiger partial charge is 0.371 e. The fraction of sp³-hybridized carbons (Fsp3) is 0.600. The number of nitrogens with zero attached hydrogens (tertiary/aromatic N) is 1. The lowest BCUT2D eigenvalue weighted by Gasteiger charge is -2.21. The Hall–Kier alpha value is -0.540. The molecule has 18 heavy (non-hydrogen) atoms. The van der Waals surface area contributed by atoms with Crippen LogP contribution < -0.4 is 10.2 Å². The predicted molar refractivity (Wildman–Crippen MR) is 80.2 cm³/mol. The molecule has 1 saturated carbocycles. The molecule has 0 radical (unpaired) electrons. The first-order valence-electron chi connectivity index (χ1n) is 6.97. The van der Waals surface area contributed by atoms with E-state index in [0.717, 1.165) is 12.0 Å². The van der Waals surface area contributed by atoms with Crippen LogP contribution in [0.4, 0.5) is 5.69 Å². The molecular formula is C15H21BrN2. The number of aryl methyl sites for hydroxylation is 1. The maximum atomic E-state index is 3.66. The number of hydrogen-bond donors (Lipinski definition) is 1. The molecule has 98 valence electrons. The average Bonchev–Trinajstić information content (AvgIpc) is 3.05. The van der Waals surface area contributed by atoms with Gasteiger partial charge in [0.05, 0.1) is 0 Å². The first-order chi connectivity index (χ1) is 8.72. The number of anilines is 1. The van der Waals surface area contributed by atoms with Crippen LogP contribution in [0.25, 0.3) is 0 Å². The van der Waals surface area contributed by atoms with Gasteiger partial charge in [0.25, 0.3) is 0 Å². The van der Waals surface area contributed by atoms with Gasteiger partial charge in [0.2, 0.25) is 0 Å². The van der Waals surface area contributed by atoms with Crippen molar-refractivity contribution in [3.05, 3.63) is 28.2 Å². The molecule has 0 bridgehead atoms. The van der Waals surface area contributed by atoms with Crippen molar-refractivity contribution in [2.24, 2.45) is 5.92 Å². The summed E-state index contributed by atoms with van der Waals surface area (Å²) in [5.74, 6) is 0.827. The van der Waals surface area contributed by atoms with E-state index in [2.05, 4.69) is 51.3 Å². The Kier molecular flexibility index (Phi) is 3.62. The molecule has 2 nitrogen and oxygen atoms in total. The third kappa shape index (κ3) is 2.89. The molecule has 2 aliphatic rings. The lowest BCUT2D eigenvalue weighted by atomic mass is 10.1. The molecule has 1 aliphatic carbocycles. The minimum absolute atomic E-state index is 0.827. The minimum Gasteiger partial charge on any atom is -0.371 e. The third-order valence-electron chi connectivity index (χ3n) is 4.06. The van der Waals surface area contributed by atoms with Gasteiger partial charge in [0.15, 0.2) is 0 Å². The lowest BCUT2D eigenvalue weighted by molar-refractivity contribution is 0.515. The van der Waals surface area contributed by atoms with E-state index in [1.165, 1.54) is 54.6 Å². The number of nitrogens with one attached hydrogen (secondary N) is 1. The molecule has 0 aromatic heterocycles. The Morgan fingerprint density at radius 2 is 2.17 bits per heavy atom. The van der Waals surface area contributed by atoms with Crippen LogP contribution in [0.2, 0.25) is 0 Å². The standard InChI is InChI=1S/C15H21BrN2/c1-11-8-13(16)2-5-15(11)18-7-6-12(10-18)9-17-14-3-4-14/h2,5,8,12,14,17H,3-4,6-7,9-10H2,1H3. The molecule has 1 unspecified atom stereocenters. The summed E-state index contributed by atoms with van der Waals surface area (Å²) in [6.07, 6.45) is 4.11. The van der Waals surface area contributed by atoms with Crippen molar-refractivity contribution >= 4 is 21.6 Å². The fourth-order valence-electron chi connectivity index (χ4n) is 2.81. The first-order valence-corrected chi connectivity index (χ1v) is 7.76. The molecule has 1 aromatic rings. The second kappa shape index (κ2) is 5.22. The molecule has 1 N–H and O–H groups in total. The Bertz CT molecular complexity index is 429. The maximum Gasteiger partial charge on any atom is 0.0396 e. The summed E-state index contributed by atoms with van der Waals surface area (Å²) in [7, 11) is 0. The fourth-order valence-corrected chi connectivity index (χ4v) is 3.29. The van der Waals surface area contributed by atoms with Crippen LogP contribution in [0.15, 0.2) is 22.7 Å². The van der Waals surface area contributed by atoms with Gasteiger partial charge in [-0.15, -0.1) is 0 Å². The predicted octanol–water partition coefficient (Wildman–Crippen LogP) is 3.34. The summed E-state index contributed by atoms with van der Waals surface area (Å²) in [4.78, 5) is 2.54. The summed E-state index contributed by atoms with van der Waals surface area (Å²) in [5.41, 5.74) is 2.78. The maximum absolute atomic E-state index is 3.66. The van der Waals surface area contributed by atoms with E-state index in [1.54, 1.807) is 0 Å². The molecule has 0 amide bonds. The zero-order valence-corrected chi connectivity index (χ0v) is 12.5. The van der Waals surface area contributed by atoms with Crippen molar-refractivity contribution in [1.29, 1.82) is 0 Å². The first kappa shape index (κ1) is 12.5. The van der Waals surface area contributed by atoms with Crippen molar-refractivity contribution in [3.8, 4) is 0 Å². The van der Waals surface area contributed by atoms with Gasteiger partial charge in [0, 0.05) is 29.3 Å². The highest BCUT2D eigenvalue weighted by molar-refractivity contribution is 9.10. The van der Waals surface area contributed by atoms with Crippen molar-refractivity contribution < 1.29 is 0 Å². The van der Waals surface area contributed by atoms with Crippen molar-refractivity contribution in [2.45, 2.75) is 32.2 Å². The quantitative estimate of drug-likeness (QED) is 0.918. The molecular weight excluding hydrogens is 288 g/mol. The Labute approximate surface area is 118 Å². The Morgan fingerprint density at radius 3 is 2.89 bits per heavy atom. The van der Waals surface area contributed by atoms with E-state index in [0.29, 0.717) is 0 Å². The van der Waals surface area contributed by atoms with E-state index < -0.39 is 0 Å². The highest BCUT2D eigenvalue weighted by Crippen LogP contribution is 2.29. The van der Waals surface area contributed by atoms with Gasteiger partial charge in [-0.05, 0) is 62.4 Å². The van der Waals surface area contributed by atoms with Crippen molar-refractivity contribution in [1.82, 2.24) is 5.32 Å². The summed E-state index contributed by atoms with van der Waals surface area (Å²) >= 11 is 3.54. The van der Waals surface area contributed by atoms with Crippen LogP contribution in [0.5, 0.6) is 0 Å². The van der Waals surface area contributed by atoms with Gasteiger partial charge >= 0.3 is 0 Å². The Balaban J connectivity index is 1.59. The van der Waals surface area contributed by atoms with Crippen LogP contribution in [-0.4, -0.2) is 25.7 Å². The summed E-state index contributed by atoms with van der Waals surface area (Å²) < 4.78 is 1.18. The molecule has 1 saturated heterocycles. The van der Waals surface area contributed by atoms with Gasteiger partial charge < -0.3 is 10.2 Å². The van der Waals surface area contributed by atoms with Gasteiger partial charge in [-0.1, -0.05) is 15.9 Å². The van der Waals surface area contributed by atoms with E-state index in [9.17, 15) is 0 Å². The molecule has 1 aliphatic heterocycles. The number of benzene rings is 1.